The third-order valence-corrected chi connectivity index (χ3v) is 9.55. The molecule has 1 aliphatic carbocycles. The van der Waals surface area contributed by atoms with Crippen LogP contribution in [-0.2, 0) is 39.1 Å². The van der Waals surface area contributed by atoms with Crippen molar-refractivity contribution in [3.8, 4) is 5.75 Å². The normalized spacial score (nSPS) is 25.8. The summed E-state index contributed by atoms with van der Waals surface area (Å²) in [6, 6.07) is 3.43. The van der Waals surface area contributed by atoms with Crippen LogP contribution in [0.3, 0.4) is 0 Å². The van der Waals surface area contributed by atoms with Crippen molar-refractivity contribution < 1.29 is 55.7 Å². The number of amides is 1. The monoisotopic (exact) mass is 708 g/mol. The second kappa shape index (κ2) is 14.3. The summed E-state index contributed by atoms with van der Waals surface area (Å²) in [5.74, 6) is -1.44. The van der Waals surface area contributed by atoms with Crippen LogP contribution in [0.15, 0.2) is 47.1 Å². The summed E-state index contributed by atoms with van der Waals surface area (Å²) in [6.45, 7) is -0.543. The molecule has 1 aromatic carbocycles. The third-order valence-electron chi connectivity index (χ3n) is 7.64. The second-order valence-corrected chi connectivity index (χ2v) is 12.9. The topological polar surface area (TPSA) is 141 Å². The van der Waals surface area contributed by atoms with Gasteiger partial charge in [0.25, 0.3) is 0 Å². The second-order valence-electron chi connectivity index (χ2n) is 10.7. The van der Waals surface area contributed by atoms with Gasteiger partial charge >= 0.3 is 19.9 Å². The van der Waals surface area contributed by atoms with E-state index in [1.165, 1.54) is 29.3 Å². The predicted octanol–water partition coefficient (Wildman–Crippen LogP) is 5.13. The van der Waals surface area contributed by atoms with Crippen molar-refractivity contribution >= 4 is 41.3 Å². The van der Waals surface area contributed by atoms with E-state index in [1.54, 1.807) is 0 Å². The number of hydrogen-bond acceptors (Lipinski definition) is 9. The maximum atomic E-state index is 14.1. The lowest BCUT2D eigenvalue weighted by Gasteiger charge is -2.32. The number of nitrogens with zero attached hydrogens (tertiary/aromatic N) is 1. The summed E-state index contributed by atoms with van der Waals surface area (Å²) in [5, 5.41) is 13.5. The zero-order valence-electron chi connectivity index (χ0n) is 23.8. The van der Waals surface area contributed by atoms with Gasteiger partial charge in [-0.05, 0) is 54.6 Å². The Morgan fingerprint density at radius 1 is 1.20 bits per heavy atom. The van der Waals surface area contributed by atoms with Crippen LogP contribution in [0.2, 0.25) is 0 Å². The summed E-state index contributed by atoms with van der Waals surface area (Å²) >= 11 is 3.13. The fraction of sp³-hybridized carbons (Fsp3) is 0.536. The first kappa shape index (κ1) is 34.3. The maximum Gasteiger partial charge on any atom is 0.459 e. The number of aliphatic hydroxyl groups excluding tert-OH is 1. The average molecular weight is 709 g/mol. The van der Waals surface area contributed by atoms with Crippen molar-refractivity contribution in [2.75, 3.05) is 13.7 Å². The molecule has 1 saturated heterocycles. The predicted molar refractivity (Wildman–Crippen MR) is 153 cm³/mol. The molecule has 2 aliphatic heterocycles. The van der Waals surface area contributed by atoms with E-state index >= 15 is 0 Å². The molecule has 0 aromatic heterocycles. The van der Waals surface area contributed by atoms with Gasteiger partial charge in [-0.2, -0.15) is 18.3 Å². The fourth-order valence-corrected chi connectivity index (χ4v) is 7.37. The highest BCUT2D eigenvalue weighted by Gasteiger charge is 2.50. The number of esters is 1. The number of nitrogens with one attached hydrogen (secondary N) is 1. The molecule has 0 spiro atoms. The van der Waals surface area contributed by atoms with Gasteiger partial charge in [-0.1, -0.05) is 28.8 Å². The van der Waals surface area contributed by atoms with Crippen molar-refractivity contribution in [3.05, 3.63) is 52.7 Å². The molecule has 4 rings (SSSR count). The van der Waals surface area contributed by atoms with E-state index in [1.807, 2.05) is 0 Å². The Balaban J connectivity index is 1.55. The van der Waals surface area contributed by atoms with Gasteiger partial charge in [0.15, 0.2) is 5.78 Å². The van der Waals surface area contributed by atoms with Crippen LogP contribution in [0.25, 0.3) is 0 Å². The molecule has 0 radical (unpaired) electrons. The van der Waals surface area contributed by atoms with Gasteiger partial charge in [-0.25, -0.2) is 4.57 Å². The van der Waals surface area contributed by atoms with Crippen LogP contribution in [0, 0.1) is 0 Å². The molecular formula is C28H33BrF3N2O9P. The van der Waals surface area contributed by atoms with Gasteiger partial charge in [0.1, 0.15) is 23.6 Å². The zero-order valence-corrected chi connectivity index (χ0v) is 26.2. The van der Waals surface area contributed by atoms with E-state index in [9.17, 15) is 37.2 Å². The lowest BCUT2D eigenvalue weighted by atomic mass is 10.00. The van der Waals surface area contributed by atoms with Crippen molar-refractivity contribution in [1.29, 1.82) is 0 Å². The Morgan fingerprint density at radius 3 is 2.50 bits per heavy atom. The van der Waals surface area contributed by atoms with E-state index in [0.29, 0.717) is 19.3 Å². The van der Waals surface area contributed by atoms with E-state index in [4.69, 9.17) is 18.5 Å². The molecule has 242 valence electrons. The van der Waals surface area contributed by atoms with Gasteiger partial charge in [-0.3, -0.25) is 23.8 Å². The third kappa shape index (κ3) is 8.18. The average Bonchev–Trinajstić information content (AvgIpc) is 3.59. The van der Waals surface area contributed by atoms with E-state index in [-0.39, 0.29) is 55.1 Å². The number of allylic oxidation sites excluding steroid dienone is 2. The fourth-order valence-electron chi connectivity index (χ4n) is 5.35. The Morgan fingerprint density at radius 2 is 1.89 bits per heavy atom. The minimum Gasteiger partial charge on any atom is -0.468 e. The first-order valence-corrected chi connectivity index (χ1v) is 16.4. The molecule has 44 heavy (non-hydrogen) atoms. The van der Waals surface area contributed by atoms with Crippen molar-refractivity contribution in [3.63, 3.8) is 0 Å². The van der Waals surface area contributed by atoms with Crippen molar-refractivity contribution in [2.24, 2.45) is 0 Å². The Bertz CT molecular complexity index is 1330. The Labute approximate surface area is 260 Å². The number of alkyl halides is 3. The number of ether oxygens (including phenoxy) is 2. The van der Waals surface area contributed by atoms with Gasteiger partial charge in [0.05, 0.1) is 25.4 Å². The van der Waals surface area contributed by atoms with Crippen molar-refractivity contribution in [1.82, 2.24) is 9.99 Å². The molecule has 1 aromatic rings. The lowest BCUT2D eigenvalue weighted by Crippen LogP contribution is -2.50. The Kier molecular flexibility index (Phi) is 11.1. The Hall–Kier alpha value is -2.55. The molecule has 4 atom stereocenters. The highest BCUT2D eigenvalue weighted by Crippen LogP contribution is 2.50. The smallest absolute Gasteiger partial charge is 0.459 e. The molecule has 16 heteroatoms. The maximum absolute atomic E-state index is 14.1. The highest BCUT2D eigenvalue weighted by molar-refractivity contribution is 9.11. The van der Waals surface area contributed by atoms with Crippen LogP contribution < -0.4 is 9.61 Å². The molecule has 2 unspecified atom stereocenters. The quantitative estimate of drug-likeness (QED) is 0.248. The SMILES string of the molecule is COC(=O)C1(NP(=O)(OC[C@H]2O[C@@H](N3C=C(/C=C/Br)C(=O)CCCC3=O)CC2O)Oc2ccc(C(F)(F)F)cc2)CCCC1. The molecule has 2 heterocycles. The van der Waals surface area contributed by atoms with Crippen LogP contribution in [0.4, 0.5) is 13.2 Å². The largest absolute Gasteiger partial charge is 0.468 e. The standard InChI is InChI=1S/C28H33BrF3N2O9P/c1-40-26(38)27(12-2-3-13-27)33-44(39,43-20-9-7-19(8-10-20)28(30,31)32)41-17-23-22(36)15-25(42-23)34-16-18(11-14-29)21(35)5-4-6-24(34)37/h7-11,14,16,22-23,25,36H,2-6,12-13,15,17H2,1H3,(H,33,39)/b14-11+,18-16?/t22?,23-,25-,44?/m1/s1. The molecule has 11 nitrogen and oxygen atoms in total. The molecule has 3 aliphatic rings. The zero-order chi connectivity index (χ0) is 32.1. The molecular weight excluding hydrogens is 676 g/mol. The van der Waals surface area contributed by atoms with Gasteiger partial charge in [-0.15, -0.1) is 0 Å². The van der Waals surface area contributed by atoms with Crippen LogP contribution in [0.5, 0.6) is 5.75 Å². The summed E-state index contributed by atoms with van der Waals surface area (Å²) in [6.07, 6.45) is -2.81. The molecule has 1 saturated carbocycles. The number of benzene rings is 1. The minimum atomic E-state index is -4.61. The summed E-state index contributed by atoms with van der Waals surface area (Å²) in [4.78, 5) is 40.9. The van der Waals surface area contributed by atoms with Gasteiger partial charge < -0.3 is 19.1 Å². The number of carbonyl (C=O) groups is 3. The van der Waals surface area contributed by atoms with E-state index in [0.717, 1.165) is 24.3 Å². The lowest BCUT2D eigenvalue weighted by molar-refractivity contribution is -0.147. The first-order valence-electron chi connectivity index (χ1n) is 13.9. The van der Waals surface area contributed by atoms with E-state index in [2.05, 4.69) is 21.0 Å². The van der Waals surface area contributed by atoms with Crippen LogP contribution >= 0.6 is 23.7 Å². The molecule has 2 N–H and O–H groups in total. The number of Topliss-reactive ketones (excluding diaryl/α,β-unsaturated/α-hetero) is 1. The summed E-state index contributed by atoms with van der Waals surface area (Å²) < 4.78 is 75.5. The van der Waals surface area contributed by atoms with Crippen LogP contribution in [-0.4, -0.2) is 65.4 Å². The number of methoxy groups -OCH3 is 1. The van der Waals surface area contributed by atoms with E-state index < -0.39 is 56.0 Å². The number of halogens is 4. The summed E-state index contributed by atoms with van der Waals surface area (Å²) in [5.41, 5.74) is -2.13. The van der Waals surface area contributed by atoms with Gasteiger partial charge in [0.2, 0.25) is 5.91 Å². The summed E-state index contributed by atoms with van der Waals surface area (Å²) in [7, 11) is -3.37. The minimum absolute atomic E-state index is 0.0562. The van der Waals surface area contributed by atoms with Crippen LogP contribution in [0.1, 0.15) is 56.9 Å². The number of hydrogen-bond donors (Lipinski definition) is 2. The number of aliphatic hydroxyl groups is 1. The highest BCUT2D eigenvalue weighted by atomic mass is 79.9. The first-order chi connectivity index (χ1) is 20.8. The van der Waals surface area contributed by atoms with Gasteiger partial charge in [0, 0.05) is 31.0 Å². The number of rotatable bonds is 10. The van der Waals surface area contributed by atoms with Crippen molar-refractivity contribution in [2.45, 2.75) is 81.5 Å². The molecule has 1 amide bonds. The molecule has 2 fully saturated rings. The molecule has 0 bridgehead atoms. The number of carbonyl (C=O) groups excluding carboxylic acids is 3. The number of ketones is 1.